The topological polar surface area (TPSA) is 59.2 Å². The Morgan fingerprint density at radius 3 is 2.73 bits per heavy atom. The van der Waals surface area contributed by atoms with Crippen molar-refractivity contribution in [2.24, 2.45) is 0 Å². The summed E-state index contributed by atoms with van der Waals surface area (Å²) in [6.07, 6.45) is 1.88. The Kier molecular flexibility index (Phi) is 3.74. The van der Waals surface area contributed by atoms with E-state index in [1.807, 2.05) is 30.3 Å². The molecule has 0 aliphatic rings. The van der Waals surface area contributed by atoms with Gasteiger partial charge in [-0.05, 0) is 17.7 Å². The first kappa shape index (κ1) is 14.1. The molecule has 22 heavy (non-hydrogen) atoms. The second-order valence-electron chi connectivity index (χ2n) is 5.03. The number of carbonyl (C=O) groups excluding carboxylic acids is 2. The summed E-state index contributed by atoms with van der Waals surface area (Å²) in [6.45, 7) is 0. The quantitative estimate of drug-likeness (QED) is 0.594. The zero-order valence-corrected chi connectivity index (χ0v) is 12.1. The van der Waals surface area contributed by atoms with Gasteiger partial charge in [0.15, 0.2) is 5.78 Å². The lowest BCUT2D eigenvalue weighted by atomic mass is 10.00. The third-order valence-corrected chi connectivity index (χ3v) is 3.60. The maximum absolute atomic E-state index is 12.7. The van der Waals surface area contributed by atoms with Crippen molar-refractivity contribution < 1.29 is 14.3 Å². The molecule has 3 rings (SSSR count). The van der Waals surface area contributed by atoms with Gasteiger partial charge in [0.1, 0.15) is 0 Å². The smallest absolute Gasteiger partial charge is 0.309 e. The number of aromatic amines is 1. The minimum absolute atomic E-state index is 0.0656. The van der Waals surface area contributed by atoms with E-state index in [1.54, 1.807) is 24.4 Å². The summed E-state index contributed by atoms with van der Waals surface area (Å²) in [7, 11) is 1.35. The Balaban J connectivity index is 1.95. The number of para-hydroxylation sites is 1. The maximum Gasteiger partial charge on any atom is 0.309 e. The number of carbonyl (C=O) groups is 2. The number of H-pyrrole nitrogens is 1. The van der Waals surface area contributed by atoms with Crippen LogP contribution in [0.15, 0.2) is 54.7 Å². The van der Waals surface area contributed by atoms with Crippen molar-refractivity contribution in [2.45, 2.75) is 6.42 Å². The summed E-state index contributed by atoms with van der Waals surface area (Å²) < 4.78 is 4.66. The molecule has 3 aromatic rings. The molecule has 0 aliphatic heterocycles. The normalized spacial score (nSPS) is 10.6. The van der Waals surface area contributed by atoms with Gasteiger partial charge in [-0.2, -0.15) is 0 Å². The number of ether oxygens (including phenoxy) is 1. The van der Waals surface area contributed by atoms with Gasteiger partial charge in [0, 0.05) is 28.2 Å². The molecule has 0 spiro atoms. The lowest BCUT2D eigenvalue weighted by molar-refractivity contribution is -0.139. The number of nitrogens with one attached hydrogen (secondary N) is 1. The Morgan fingerprint density at radius 1 is 1.09 bits per heavy atom. The van der Waals surface area contributed by atoms with Crippen LogP contribution >= 0.6 is 0 Å². The first-order valence-corrected chi connectivity index (χ1v) is 6.95. The van der Waals surface area contributed by atoms with Crippen molar-refractivity contribution in [1.82, 2.24) is 4.98 Å². The van der Waals surface area contributed by atoms with Gasteiger partial charge < -0.3 is 9.72 Å². The summed E-state index contributed by atoms with van der Waals surface area (Å²) in [4.78, 5) is 27.1. The molecule has 0 unspecified atom stereocenters. The predicted octanol–water partition coefficient (Wildman–Crippen LogP) is 3.11. The second-order valence-corrected chi connectivity index (χ2v) is 5.03. The van der Waals surface area contributed by atoms with Crippen LogP contribution in [0, 0.1) is 0 Å². The Hall–Kier alpha value is -2.88. The minimum atomic E-state index is -0.323. The van der Waals surface area contributed by atoms with E-state index in [0.29, 0.717) is 11.1 Å². The van der Waals surface area contributed by atoms with Crippen molar-refractivity contribution >= 4 is 22.7 Å². The van der Waals surface area contributed by atoms with Crippen molar-refractivity contribution in [1.29, 1.82) is 0 Å². The third kappa shape index (κ3) is 2.63. The monoisotopic (exact) mass is 293 g/mol. The number of esters is 1. The first-order valence-electron chi connectivity index (χ1n) is 6.95. The molecule has 2 aromatic carbocycles. The fourth-order valence-electron chi connectivity index (χ4n) is 2.48. The average Bonchev–Trinajstić information content (AvgIpc) is 2.98. The molecular weight excluding hydrogens is 278 g/mol. The number of benzene rings is 2. The van der Waals surface area contributed by atoms with Gasteiger partial charge in [-0.25, -0.2) is 0 Å². The summed E-state index contributed by atoms with van der Waals surface area (Å²) in [5.74, 6) is -0.388. The largest absolute Gasteiger partial charge is 0.469 e. The molecule has 0 amide bonds. The number of hydrogen-bond donors (Lipinski definition) is 1. The van der Waals surface area contributed by atoms with Crippen LogP contribution in [0.3, 0.4) is 0 Å². The van der Waals surface area contributed by atoms with Gasteiger partial charge in [0.25, 0.3) is 0 Å². The Bertz CT molecular complexity index is 848. The van der Waals surface area contributed by atoms with Gasteiger partial charge in [-0.15, -0.1) is 0 Å². The molecule has 0 aliphatic carbocycles. The highest BCUT2D eigenvalue weighted by molar-refractivity contribution is 6.16. The molecule has 0 fully saturated rings. The van der Waals surface area contributed by atoms with E-state index >= 15 is 0 Å². The number of methoxy groups -OCH3 is 1. The molecule has 4 heteroatoms. The number of fused-ring (bicyclic) bond motifs is 1. The molecule has 110 valence electrons. The SMILES string of the molecule is COC(=O)Cc1cccc(C(=O)c2c[nH]c3ccccc23)c1. The van der Waals surface area contributed by atoms with Crippen LogP contribution in [0.2, 0.25) is 0 Å². The summed E-state index contributed by atoms with van der Waals surface area (Å²) in [5.41, 5.74) is 2.88. The Morgan fingerprint density at radius 2 is 1.91 bits per heavy atom. The van der Waals surface area contributed by atoms with Crippen molar-refractivity contribution in [3.63, 3.8) is 0 Å². The molecule has 1 heterocycles. The maximum atomic E-state index is 12.7. The standard InChI is InChI=1S/C18H15NO3/c1-22-17(20)10-12-5-4-6-13(9-12)18(21)15-11-19-16-8-3-2-7-14(15)16/h2-9,11,19H,10H2,1H3. The molecular formula is C18H15NO3. The van der Waals surface area contributed by atoms with Crippen molar-refractivity contribution in [3.05, 3.63) is 71.4 Å². The van der Waals surface area contributed by atoms with E-state index in [9.17, 15) is 9.59 Å². The number of ketones is 1. The van der Waals surface area contributed by atoms with Crippen LogP contribution < -0.4 is 0 Å². The highest BCUT2D eigenvalue weighted by Crippen LogP contribution is 2.21. The summed E-state index contributed by atoms with van der Waals surface area (Å²) in [6, 6.07) is 14.7. The van der Waals surface area contributed by atoms with Crippen LogP contribution in [0.5, 0.6) is 0 Å². The molecule has 1 N–H and O–H groups in total. The van der Waals surface area contributed by atoms with Crippen LogP contribution in [0.1, 0.15) is 21.5 Å². The molecule has 0 atom stereocenters. The highest BCUT2D eigenvalue weighted by Gasteiger charge is 2.14. The number of hydrogen-bond acceptors (Lipinski definition) is 3. The number of aromatic nitrogens is 1. The van der Waals surface area contributed by atoms with Crippen LogP contribution in [-0.4, -0.2) is 23.8 Å². The van der Waals surface area contributed by atoms with E-state index in [-0.39, 0.29) is 18.2 Å². The third-order valence-electron chi connectivity index (χ3n) is 3.60. The van der Waals surface area contributed by atoms with Gasteiger partial charge in [-0.1, -0.05) is 36.4 Å². The molecule has 1 aromatic heterocycles. The predicted molar refractivity (Wildman–Crippen MR) is 83.9 cm³/mol. The van der Waals surface area contributed by atoms with Crippen LogP contribution in [-0.2, 0) is 16.0 Å². The van der Waals surface area contributed by atoms with Gasteiger partial charge in [0.2, 0.25) is 0 Å². The Labute approximate surface area is 127 Å². The second kappa shape index (κ2) is 5.85. The zero-order valence-electron chi connectivity index (χ0n) is 12.1. The van der Waals surface area contributed by atoms with E-state index in [0.717, 1.165) is 16.5 Å². The average molecular weight is 293 g/mol. The van der Waals surface area contributed by atoms with Crippen molar-refractivity contribution in [3.8, 4) is 0 Å². The lowest BCUT2D eigenvalue weighted by Gasteiger charge is -2.04. The zero-order chi connectivity index (χ0) is 15.5. The molecule has 0 radical (unpaired) electrons. The van der Waals surface area contributed by atoms with Crippen molar-refractivity contribution in [2.75, 3.05) is 7.11 Å². The fraction of sp³-hybridized carbons (Fsp3) is 0.111. The fourth-order valence-corrected chi connectivity index (χ4v) is 2.48. The van der Waals surface area contributed by atoms with Gasteiger partial charge >= 0.3 is 5.97 Å². The van der Waals surface area contributed by atoms with E-state index in [4.69, 9.17) is 0 Å². The number of rotatable bonds is 4. The molecule has 4 nitrogen and oxygen atoms in total. The van der Waals surface area contributed by atoms with Crippen LogP contribution in [0.25, 0.3) is 10.9 Å². The lowest BCUT2D eigenvalue weighted by Crippen LogP contribution is -2.06. The minimum Gasteiger partial charge on any atom is -0.469 e. The summed E-state index contributed by atoms with van der Waals surface area (Å²) in [5, 5.41) is 0.894. The van der Waals surface area contributed by atoms with Crippen LogP contribution in [0.4, 0.5) is 0 Å². The van der Waals surface area contributed by atoms with E-state index in [2.05, 4.69) is 9.72 Å². The molecule has 0 saturated carbocycles. The summed E-state index contributed by atoms with van der Waals surface area (Å²) >= 11 is 0. The highest BCUT2D eigenvalue weighted by atomic mass is 16.5. The van der Waals surface area contributed by atoms with Gasteiger partial charge in [0.05, 0.1) is 13.5 Å². The molecule has 0 saturated heterocycles. The van der Waals surface area contributed by atoms with Gasteiger partial charge in [-0.3, -0.25) is 9.59 Å². The van der Waals surface area contributed by atoms with E-state index in [1.165, 1.54) is 7.11 Å². The first-order chi connectivity index (χ1) is 10.7. The molecule has 0 bridgehead atoms. The van der Waals surface area contributed by atoms with E-state index < -0.39 is 0 Å².